The second kappa shape index (κ2) is 8.44. The quantitative estimate of drug-likeness (QED) is 0.586. The number of carbonyl (C=O) groups is 3. The average molecular weight is 345 g/mol. The lowest BCUT2D eigenvalue weighted by Gasteiger charge is -2.09. The number of anilines is 1. The summed E-state index contributed by atoms with van der Waals surface area (Å²) < 4.78 is 17.9. The minimum Gasteiger partial charge on any atom is -0.462 e. The molecule has 0 aromatic heterocycles. The second-order valence-corrected chi connectivity index (χ2v) is 4.84. The van der Waals surface area contributed by atoms with Crippen LogP contribution < -0.4 is 16.2 Å². The van der Waals surface area contributed by atoms with Crippen LogP contribution in [0.2, 0.25) is 0 Å². The summed E-state index contributed by atoms with van der Waals surface area (Å²) in [6.07, 6.45) is 0. The van der Waals surface area contributed by atoms with Crippen molar-refractivity contribution in [1.82, 2.24) is 10.9 Å². The van der Waals surface area contributed by atoms with Crippen LogP contribution in [0.1, 0.15) is 27.6 Å². The minimum atomic E-state index is -0.700. The molecule has 3 amide bonds. The van der Waals surface area contributed by atoms with E-state index in [0.717, 1.165) is 6.07 Å². The number of nitrogens with one attached hydrogen (secondary N) is 3. The van der Waals surface area contributed by atoms with Crippen LogP contribution in [0.25, 0.3) is 0 Å². The number of esters is 1. The van der Waals surface area contributed by atoms with Crippen LogP contribution >= 0.6 is 0 Å². The van der Waals surface area contributed by atoms with Gasteiger partial charge in [-0.25, -0.2) is 19.4 Å². The molecule has 8 heteroatoms. The van der Waals surface area contributed by atoms with Crippen molar-refractivity contribution in [3.8, 4) is 0 Å². The van der Waals surface area contributed by atoms with Crippen LogP contribution in [0, 0.1) is 5.82 Å². The van der Waals surface area contributed by atoms with E-state index in [1.807, 2.05) is 0 Å². The lowest BCUT2D eigenvalue weighted by Crippen LogP contribution is -2.43. The zero-order valence-corrected chi connectivity index (χ0v) is 13.3. The summed E-state index contributed by atoms with van der Waals surface area (Å²) in [6, 6.07) is 10.4. The Labute approximate surface area is 143 Å². The van der Waals surface area contributed by atoms with E-state index in [2.05, 4.69) is 16.2 Å². The molecule has 0 radical (unpaired) electrons. The summed E-state index contributed by atoms with van der Waals surface area (Å²) in [7, 11) is 0. The van der Waals surface area contributed by atoms with Crippen LogP contribution in [0.5, 0.6) is 0 Å². The topological polar surface area (TPSA) is 96.5 Å². The highest BCUT2D eigenvalue weighted by Gasteiger charge is 2.09. The van der Waals surface area contributed by atoms with Crippen molar-refractivity contribution < 1.29 is 23.5 Å². The van der Waals surface area contributed by atoms with Crippen LogP contribution in [0.4, 0.5) is 14.9 Å². The molecule has 2 aromatic rings. The van der Waals surface area contributed by atoms with Gasteiger partial charge in [-0.2, -0.15) is 0 Å². The first kappa shape index (κ1) is 17.9. The maximum Gasteiger partial charge on any atom is 0.338 e. The predicted octanol–water partition coefficient (Wildman–Crippen LogP) is 2.47. The Hall–Kier alpha value is -3.42. The van der Waals surface area contributed by atoms with Gasteiger partial charge in [0.1, 0.15) is 5.82 Å². The van der Waals surface area contributed by atoms with Gasteiger partial charge in [-0.05, 0) is 49.4 Å². The summed E-state index contributed by atoms with van der Waals surface area (Å²) in [5, 5.41) is 2.47. The number of benzene rings is 2. The lowest BCUT2D eigenvalue weighted by molar-refractivity contribution is 0.0526. The Morgan fingerprint density at radius 1 is 1.00 bits per heavy atom. The van der Waals surface area contributed by atoms with Gasteiger partial charge in [0.25, 0.3) is 5.91 Å². The molecule has 0 atom stereocenters. The Bertz CT molecular complexity index is 778. The molecule has 2 aromatic carbocycles. The molecule has 0 aliphatic rings. The summed E-state index contributed by atoms with van der Waals surface area (Å²) in [5.41, 5.74) is 5.12. The fourth-order valence-electron chi connectivity index (χ4n) is 1.88. The smallest absolute Gasteiger partial charge is 0.338 e. The van der Waals surface area contributed by atoms with Crippen molar-refractivity contribution in [3.63, 3.8) is 0 Å². The van der Waals surface area contributed by atoms with Gasteiger partial charge in [0.15, 0.2) is 0 Å². The Morgan fingerprint density at radius 3 is 2.36 bits per heavy atom. The zero-order valence-electron chi connectivity index (χ0n) is 13.3. The van der Waals surface area contributed by atoms with E-state index in [1.54, 1.807) is 6.92 Å². The van der Waals surface area contributed by atoms with E-state index in [-0.39, 0.29) is 12.2 Å². The van der Waals surface area contributed by atoms with Gasteiger partial charge < -0.3 is 10.1 Å². The number of amides is 3. The van der Waals surface area contributed by atoms with Crippen molar-refractivity contribution in [2.75, 3.05) is 11.9 Å². The molecule has 2 rings (SSSR count). The molecule has 25 heavy (non-hydrogen) atoms. The van der Waals surface area contributed by atoms with Crippen molar-refractivity contribution in [2.24, 2.45) is 0 Å². The first-order valence-corrected chi connectivity index (χ1v) is 7.39. The van der Waals surface area contributed by atoms with Crippen LogP contribution in [-0.4, -0.2) is 24.5 Å². The molecular weight excluding hydrogens is 329 g/mol. The molecule has 0 aliphatic heterocycles. The average Bonchev–Trinajstić information content (AvgIpc) is 2.60. The molecule has 0 saturated carbocycles. The van der Waals surface area contributed by atoms with E-state index in [4.69, 9.17) is 4.74 Å². The number of rotatable bonds is 4. The van der Waals surface area contributed by atoms with E-state index in [0.29, 0.717) is 11.3 Å². The van der Waals surface area contributed by atoms with E-state index in [9.17, 15) is 18.8 Å². The number of carbonyl (C=O) groups excluding carboxylic acids is 3. The van der Waals surface area contributed by atoms with Crippen LogP contribution in [0.15, 0.2) is 48.5 Å². The Balaban J connectivity index is 1.86. The van der Waals surface area contributed by atoms with Gasteiger partial charge in [0, 0.05) is 11.3 Å². The van der Waals surface area contributed by atoms with Crippen LogP contribution in [-0.2, 0) is 4.74 Å². The number of halogens is 1. The molecule has 7 nitrogen and oxygen atoms in total. The molecule has 0 aliphatic carbocycles. The third kappa shape index (κ3) is 5.31. The molecule has 0 fully saturated rings. The fraction of sp³-hybridized carbons (Fsp3) is 0.118. The van der Waals surface area contributed by atoms with Gasteiger partial charge >= 0.3 is 12.0 Å². The molecule has 0 bridgehead atoms. The summed E-state index contributed by atoms with van der Waals surface area (Å²) in [4.78, 5) is 35.0. The molecular formula is C17H16FN3O4. The van der Waals surface area contributed by atoms with Gasteiger partial charge in [0.2, 0.25) is 0 Å². The van der Waals surface area contributed by atoms with Crippen LogP contribution in [0.3, 0.4) is 0 Å². The van der Waals surface area contributed by atoms with E-state index >= 15 is 0 Å². The fourth-order valence-corrected chi connectivity index (χ4v) is 1.88. The number of ether oxygens (including phenoxy) is 1. The van der Waals surface area contributed by atoms with Crippen molar-refractivity contribution in [2.45, 2.75) is 6.92 Å². The standard InChI is InChI=1S/C17H16FN3O4/c1-2-25-16(23)11-6-8-14(9-7-11)19-17(24)21-20-15(22)12-4-3-5-13(18)10-12/h3-10H,2H2,1H3,(H,20,22)(H2,19,21,24). The SMILES string of the molecule is CCOC(=O)c1ccc(NC(=O)NNC(=O)c2cccc(F)c2)cc1. The number of hydrogen-bond donors (Lipinski definition) is 3. The summed E-state index contributed by atoms with van der Waals surface area (Å²) in [6.45, 7) is 1.97. The molecule has 0 spiro atoms. The first-order chi connectivity index (χ1) is 12.0. The third-order valence-corrected chi connectivity index (χ3v) is 3.03. The highest BCUT2D eigenvalue weighted by molar-refractivity contribution is 5.97. The number of hydrogen-bond acceptors (Lipinski definition) is 4. The van der Waals surface area contributed by atoms with Crippen molar-refractivity contribution >= 4 is 23.6 Å². The van der Waals surface area contributed by atoms with Crippen molar-refractivity contribution in [3.05, 3.63) is 65.5 Å². The predicted molar refractivity (Wildman–Crippen MR) is 88.4 cm³/mol. The van der Waals surface area contributed by atoms with Gasteiger partial charge in [-0.3, -0.25) is 10.2 Å². The maximum atomic E-state index is 13.0. The Kier molecular flexibility index (Phi) is 6.05. The first-order valence-electron chi connectivity index (χ1n) is 7.39. The second-order valence-electron chi connectivity index (χ2n) is 4.84. The number of hydrazine groups is 1. The molecule has 0 heterocycles. The van der Waals surface area contributed by atoms with Gasteiger partial charge in [-0.15, -0.1) is 0 Å². The third-order valence-electron chi connectivity index (χ3n) is 3.03. The van der Waals surface area contributed by atoms with Crippen molar-refractivity contribution in [1.29, 1.82) is 0 Å². The zero-order chi connectivity index (χ0) is 18.2. The normalized spacial score (nSPS) is 9.84. The van der Waals surface area contributed by atoms with E-state index < -0.39 is 23.7 Å². The summed E-state index contributed by atoms with van der Waals surface area (Å²) >= 11 is 0. The Morgan fingerprint density at radius 2 is 1.72 bits per heavy atom. The summed E-state index contributed by atoms with van der Waals surface area (Å²) in [5.74, 6) is -1.67. The highest BCUT2D eigenvalue weighted by Crippen LogP contribution is 2.10. The lowest BCUT2D eigenvalue weighted by atomic mass is 10.2. The molecule has 130 valence electrons. The largest absolute Gasteiger partial charge is 0.462 e. The highest BCUT2D eigenvalue weighted by atomic mass is 19.1. The monoisotopic (exact) mass is 345 g/mol. The molecule has 0 unspecified atom stereocenters. The van der Waals surface area contributed by atoms with E-state index in [1.165, 1.54) is 42.5 Å². The number of urea groups is 1. The molecule has 3 N–H and O–H groups in total. The van der Waals surface area contributed by atoms with Gasteiger partial charge in [0.05, 0.1) is 12.2 Å². The van der Waals surface area contributed by atoms with Gasteiger partial charge in [-0.1, -0.05) is 6.07 Å². The maximum absolute atomic E-state index is 13.0. The minimum absolute atomic E-state index is 0.0686. The molecule has 0 saturated heterocycles.